The van der Waals surface area contributed by atoms with Crippen LogP contribution in [0.4, 0.5) is 9.18 Å². The van der Waals surface area contributed by atoms with Crippen LogP contribution in [0.3, 0.4) is 0 Å². The van der Waals surface area contributed by atoms with E-state index in [2.05, 4.69) is 22.3 Å². The van der Waals surface area contributed by atoms with Crippen LogP contribution in [0.15, 0.2) is 54.6 Å². The Balaban J connectivity index is 1.06. The van der Waals surface area contributed by atoms with Crippen LogP contribution in [0.5, 0.6) is 17.4 Å². The lowest BCUT2D eigenvalue weighted by Crippen LogP contribution is -2.59. The van der Waals surface area contributed by atoms with Gasteiger partial charge in [-0.05, 0) is 129 Å². The van der Waals surface area contributed by atoms with Crippen molar-refractivity contribution < 1.29 is 50.9 Å². The number of rotatable bonds is 10. The van der Waals surface area contributed by atoms with Gasteiger partial charge in [-0.15, -0.1) is 0 Å². The summed E-state index contributed by atoms with van der Waals surface area (Å²) in [6, 6.07) is 9.32. The van der Waals surface area contributed by atoms with Gasteiger partial charge < -0.3 is 34.5 Å². The quantitative estimate of drug-likeness (QED) is 0.209. The molecule has 3 N–H and O–H groups in total. The van der Waals surface area contributed by atoms with Gasteiger partial charge in [-0.2, -0.15) is 0 Å². The molecule has 5 fully saturated rings. The molecule has 6 aliphatic rings. The van der Waals surface area contributed by atoms with Crippen molar-refractivity contribution in [3.05, 3.63) is 60.4 Å². The van der Waals surface area contributed by atoms with Gasteiger partial charge in [0, 0.05) is 23.3 Å². The summed E-state index contributed by atoms with van der Waals surface area (Å²) in [6.07, 6.45) is 7.84. The number of pyridine rings is 1. The third-order valence-corrected chi connectivity index (χ3v) is 15.9. The number of allylic oxidation sites excluding steroid dienone is 1. The highest BCUT2D eigenvalue weighted by atomic mass is 32.2. The predicted octanol–water partition coefficient (Wildman–Crippen LogP) is 5.80. The Morgan fingerprint density at radius 1 is 0.938 bits per heavy atom. The minimum Gasteiger partial charge on any atom is -0.497 e. The number of benzene rings is 2. The molecule has 3 aromatic rings. The average molecular weight is 902 g/mol. The maximum atomic E-state index is 15.1. The molecule has 3 heterocycles. The second-order valence-electron chi connectivity index (χ2n) is 18.9. The fraction of sp³-hybridized carbons (Fsp3) is 0.553. The van der Waals surface area contributed by atoms with E-state index < -0.39 is 74.5 Å². The molecule has 2 aromatic carbocycles. The van der Waals surface area contributed by atoms with Gasteiger partial charge in [-0.3, -0.25) is 19.1 Å². The van der Waals surface area contributed by atoms with Crippen molar-refractivity contribution in [2.75, 3.05) is 20.8 Å². The molecule has 4 saturated carbocycles. The van der Waals surface area contributed by atoms with Crippen molar-refractivity contribution >= 4 is 44.6 Å². The first-order chi connectivity index (χ1) is 30.6. The van der Waals surface area contributed by atoms with Crippen LogP contribution in [0.1, 0.15) is 78.1 Å². The van der Waals surface area contributed by atoms with E-state index in [0.717, 1.165) is 25.7 Å². The zero-order valence-corrected chi connectivity index (χ0v) is 37.3. The Morgan fingerprint density at radius 2 is 1.72 bits per heavy atom. The van der Waals surface area contributed by atoms with Gasteiger partial charge in [-0.25, -0.2) is 22.6 Å². The summed E-state index contributed by atoms with van der Waals surface area (Å²) in [5.74, 6) is -1.36. The first-order valence-electron chi connectivity index (χ1n) is 22.5. The van der Waals surface area contributed by atoms with Gasteiger partial charge >= 0.3 is 6.09 Å². The fourth-order valence-corrected chi connectivity index (χ4v) is 11.5. The number of ether oxygens (including phenoxy) is 4. The molecule has 1 saturated heterocycles. The Morgan fingerprint density at radius 3 is 2.44 bits per heavy atom. The van der Waals surface area contributed by atoms with Crippen LogP contribution in [-0.2, 0) is 29.1 Å². The number of amides is 4. The topological polar surface area (TPSA) is 192 Å². The molecule has 0 radical (unpaired) electrons. The number of halogens is 1. The van der Waals surface area contributed by atoms with Gasteiger partial charge in [0.2, 0.25) is 27.7 Å². The first kappa shape index (κ1) is 43.8. The molecular formula is C47H56FN5O10S. The number of nitrogens with zero attached hydrogens (tertiary/aromatic N) is 2. The van der Waals surface area contributed by atoms with Gasteiger partial charge in [0.05, 0.1) is 31.7 Å². The van der Waals surface area contributed by atoms with Crippen LogP contribution in [0.25, 0.3) is 22.0 Å². The predicted molar refractivity (Wildman–Crippen MR) is 233 cm³/mol. The van der Waals surface area contributed by atoms with E-state index in [0.29, 0.717) is 65.3 Å². The van der Waals surface area contributed by atoms with E-state index in [1.807, 2.05) is 19.1 Å². The average Bonchev–Trinajstić information content (AvgIpc) is 4.23. The van der Waals surface area contributed by atoms with Crippen LogP contribution in [0, 0.1) is 35.4 Å². The minimum atomic E-state index is -3.95. The van der Waals surface area contributed by atoms with Gasteiger partial charge in [-0.1, -0.05) is 26.0 Å². The van der Waals surface area contributed by atoms with E-state index in [1.54, 1.807) is 37.4 Å². The summed E-state index contributed by atoms with van der Waals surface area (Å²) in [5.41, 5.74) is -0.739. The highest BCUT2D eigenvalue weighted by Crippen LogP contribution is 2.52. The summed E-state index contributed by atoms with van der Waals surface area (Å²) >= 11 is 0. The molecule has 0 unspecified atom stereocenters. The van der Waals surface area contributed by atoms with Crippen molar-refractivity contribution in [1.29, 1.82) is 0 Å². The Bertz CT molecular complexity index is 2490. The lowest BCUT2D eigenvalue weighted by molar-refractivity contribution is -0.142. The second kappa shape index (κ2) is 17.2. The van der Waals surface area contributed by atoms with Gasteiger partial charge in [0.1, 0.15) is 35.6 Å². The molecule has 0 spiro atoms. The summed E-state index contributed by atoms with van der Waals surface area (Å²) < 4.78 is 66.5. The van der Waals surface area contributed by atoms with Gasteiger partial charge in [0.25, 0.3) is 5.91 Å². The Hall–Kier alpha value is -5.45. The first-order valence-corrected chi connectivity index (χ1v) is 24.0. The molecule has 17 heteroatoms. The molecule has 1 aromatic heterocycles. The van der Waals surface area contributed by atoms with Gasteiger partial charge in [0.15, 0.2) is 11.6 Å². The monoisotopic (exact) mass is 901 g/mol. The zero-order chi connectivity index (χ0) is 45.1. The SMILES string of the molecule is COc1ccc2c(O[C@@H]3C[C@H]4C(=O)N[C@]5(C(=O)NS(=O)(=O)C6CC6)C[C@H]5/C=C\CC[C@H](C)C[C@@H](C)[C@H](NC(=O)O[C@@H]5C[C@@H]6C[C@@H]6C5)C(=O)N4C3)nc(-c3ccc(OC)c(F)c3)cc2c1. The van der Waals surface area contributed by atoms with Crippen LogP contribution in [-0.4, -0.2) is 98.0 Å². The number of carbonyl (C=O) groups excluding carboxylic acids is 4. The summed E-state index contributed by atoms with van der Waals surface area (Å²) in [7, 11) is -1.03. The molecular weight excluding hydrogens is 846 g/mol. The number of hydrogen-bond donors (Lipinski definition) is 3. The van der Waals surface area contributed by atoms with Crippen molar-refractivity contribution in [3.63, 3.8) is 0 Å². The Labute approximate surface area is 372 Å². The lowest BCUT2D eigenvalue weighted by atomic mass is 9.88. The van der Waals surface area contributed by atoms with E-state index >= 15 is 9.18 Å². The molecule has 9 rings (SSSR count). The van der Waals surface area contributed by atoms with Crippen molar-refractivity contribution in [2.24, 2.45) is 29.6 Å². The van der Waals surface area contributed by atoms with E-state index in [4.69, 9.17) is 23.9 Å². The minimum absolute atomic E-state index is 0.0380. The zero-order valence-electron chi connectivity index (χ0n) is 36.5. The largest absolute Gasteiger partial charge is 0.497 e. The van der Waals surface area contributed by atoms with E-state index in [9.17, 15) is 22.8 Å². The Kier molecular flexibility index (Phi) is 11.7. The number of nitrogens with one attached hydrogen (secondary N) is 3. The number of hydrogen-bond acceptors (Lipinski definition) is 11. The molecule has 4 amide bonds. The second-order valence-corrected chi connectivity index (χ2v) is 20.8. The van der Waals surface area contributed by atoms with Crippen LogP contribution in [0.2, 0.25) is 0 Å². The molecule has 0 bridgehead atoms. The number of aromatic nitrogens is 1. The van der Waals surface area contributed by atoms with Crippen molar-refractivity contribution in [3.8, 4) is 28.6 Å². The number of fused-ring (bicyclic) bond motifs is 4. The molecule has 2 aliphatic heterocycles. The number of carbonyl (C=O) groups is 4. The van der Waals surface area contributed by atoms with Crippen molar-refractivity contribution in [1.82, 2.24) is 25.2 Å². The van der Waals surface area contributed by atoms with Crippen LogP contribution < -0.4 is 29.6 Å². The lowest BCUT2D eigenvalue weighted by Gasteiger charge is -2.33. The highest BCUT2D eigenvalue weighted by molar-refractivity contribution is 7.91. The summed E-state index contributed by atoms with van der Waals surface area (Å²) in [4.78, 5) is 63.7. The molecule has 64 heavy (non-hydrogen) atoms. The molecule has 4 aliphatic carbocycles. The third kappa shape index (κ3) is 8.96. The summed E-state index contributed by atoms with van der Waals surface area (Å²) in [5, 5.41) is 6.42. The molecule has 15 nitrogen and oxygen atoms in total. The van der Waals surface area contributed by atoms with E-state index in [1.165, 1.54) is 24.1 Å². The smallest absolute Gasteiger partial charge is 0.408 e. The number of alkyl carbamates (subject to hydrolysis) is 1. The van der Waals surface area contributed by atoms with E-state index in [-0.39, 0.29) is 49.0 Å². The highest BCUT2D eigenvalue weighted by Gasteiger charge is 2.62. The standard InChI is InChI=1S/C47H56FN5O10S/c1-25-7-5-6-8-31-23-47(31,45(56)52-64(58,59)35-11-12-35)51-42(54)39-22-34(24-53(39)44(55)41(26(2)15-25)50-46(57)63-33-17-28-16-29(28)18-33)62-43-36-13-10-32(60-3)19-30(36)21-38(49-43)27-9-14-40(61-4)37(48)20-27/h6,8-10,13-14,19-21,25-26,28-29,31,33-35,39,41H,5,7,11-12,15-18,22-24H2,1-4H3,(H,50,57)(H,51,54)(H,52,56)/b8-6-/t25-,26+,28-,29+,31+,33+,34+,39-,41-,47+/m0/s1. The maximum absolute atomic E-state index is 15.1. The number of sulfonamides is 1. The normalized spacial score (nSPS) is 31.8. The van der Waals surface area contributed by atoms with Crippen molar-refractivity contribution in [2.45, 2.75) is 113 Å². The third-order valence-electron chi connectivity index (χ3n) is 14.1. The molecule has 10 atom stereocenters. The fourth-order valence-electron chi connectivity index (χ4n) is 10.1. The maximum Gasteiger partial charge on any atom is 0.408 e. The van der Waals surface area contributed by atoms with Crippen LogP contribution >= 0.6 is 0 Å². The molecule has 342 valence electrons. The summed E-state index contributed by atoms with van der Waals surface area (Å²) in [6.45, 7) is 3.89. The number of methoxy groups -OCH3 is 2.